The molecule has 2 saturated heterocycles. The number of thiazole rings is 1. The first kappa shape index (κ1) is 19.9. The van der Waals surface area contributed by atoms with Gasteiger partial charge >= 0.3 is 6.03 Å². The molecule has 150 valence electrons. The van der Waals surface area contributed by atoms with E-state index in [0.717, 1.165) is 70.1 Å². The lowest BCUT2D eigenvalue weighted by Gasteiger charge is -2.37. The summed E-state index contributed by atoms with van der Waals surface area (Å²) in [5.41, 5.74) is 0. The van der Waals surface area contributed by atoms with E-state index in [1.807, 2.05) is 21.4 Å². The summed E-state index contributed by atoms with van der Waals surface area (Å²) >= 11 is 1.64. The van der Waals surface area contributed by atoms with Gasteiger partial charge in [-0.25, -0.2) is 9.78 Å². The second-order valence-electron chi connectivity index (χ2n) is 7.35. The summed E-state index contributed by atoms with van der Waals surface area (Å²) in [6.07, 6.45) is 5.31. The van der Waals surface area contributed by atoms with Crippen molar-refractivity contribution in [2.24, 2.45) is 5.92 Å². The highest BCUT2D eigenvalue weighted by Gasteiger charge is 2.29. The zero-order valence-corrected chi connectivity index (χ0v) is 17.2. The van der Waals surface area contributed by atoms with E-state index in [9.17, 15) is 9.59 Å². The minimum Gasteiger partial charge on any atom is -0.345 e. The van der Waals surface area contributed by atoms with Crippen LogP contribution in [0.5, 0.6) is 0 Å². The Hall–Kier alpha value is -1.83. The van der Waals surface area contributed by atoms with Gasteiger partial charge in [-0.2, -0.15) is 0 Å². The van der Waals surface area contributed by atoms with E-state index in [4.69, 9.17) is 0 Å². The van der Waals surface area contributed by atoms with Gasteiger partial charge in [-0.1, -0.05) is 13.8 Å². The number of piperidine rings is 1. The number of rotatable bonds is 5. The maximum atomic E-state index is 12.6. The number of likely N-dealkylation sites (tertiary alicyclic amines) is 1. The standard InChI is InChI=1S/C19H31N5O2S/c1-3-15(4-2)17(25)22-8-5-16(6-9-22)21-18(26)23-10-12-24(13-11-23)19-20-7-14-27-19/h7,14-16H,3-6,8-13H2,1-2H3,(H,21,26). The van der Waals surface area contributed by atoms with Crippen LogP contribution in [0.15, 0.2) is 11.6 Å². The second-order valence-corrected chi connectivity index (χ2v) is 8.22. The molecule has 2 aliphatic rings. The van der Waals surface area contributed by atoms with Gasteiger partial charge in [-0.3, -0.25) is 4.79 Å². The van der Waals surface area contributed by atoms with Crippen LogP contribution in [0.3, 0.4) is 0 Å². The molecule has 0 radical (unpaired) electrons. The van der Waals surface area contributed by atoms with E-state index in [0.29, 0.717) is 0 Å². The van der Waals surface area contributed by atoms with Crippen LogP contribution in [-0.4, -0.2) is 72.0 Å². The van der Waals surface area contributed by atoms with Crippen molar-refractivity contribution >= 4 is 28.4 Å². The SMILES string of the molecule is CCC(CC)C(=O)N1CCC(NC(=O)N2CCN(c3nccs3)CC2)CC1. The fourth-order valence-corrected chi connectivity index (χ4v) is 4.58. The first-order valence-electron chi connectivity index (χ1n) is 10.1. The predicted molar refractivity (Wildman–Crippen MR) is 108 cm³/mol. The maximum Gasteiger partial charge on any atom is 0.317 e. The highest BCUT2D eigenvalue weighted by Crippen LogP contribution is 2.20. The summed E-state index contributed by atoms with van der Waals surface area (Å²) in [6, 6.07) is 0.193. The molecule has 27 heavy (non-hydrogen) atoms. The molecule has 2 aliphatic heterocycles. The number of nitrogens with zero attached hydrogens (tertiary/aromatic N) is 4. The van der Waals surface area contributed by atoms with Crippen LogP contribution in [0.4, 0.5) is 9.93 Å². The van der Waals surface area contributed by atoms with Crippen molar-refractivity contribution in [2.45, 2.75) is 45.6 Å². The minimum absolute atomic E-state index is 0.0264. The van der Waals surface area contributed by atoms with Gasteiger partial charge in [0.05, 0.1) is 0 Å². The Morgan fingerprint density at radius 2 is 1.78 bits per heavy atom. The smallest absolute Gasteiger partial charge is 0.317 e. The molecule has 0 unspecified atom stereocenters. The van der Waals surface area contributed by atoms with Gasteiger partial charge in [-0.15, -0.1) is 11.3 Å². The Bertz CT molecular complexity index is 604. The Morgan fingerprint density at radius 3 is 2.33 bits per heavy atom. The summed E-state index contributed by atoms with van der Waals surface area (Å²) in [5, 5.41) is 6.19. The lowest BCUT2D eigenvalue weighted by Crippen LogP contribution is -2.55. The number of nitrogens with one attached hydrogen (secondary N) is 1. The Labute approximate surface area is 165 Å². The quantitative estimate of drug-likeness (QED) is 0.834. The normalized spacial score (nSPS) is 18.9. The molecule has 0 spiro atoms. The van der Waals surface area contributed by atoms with Gasteiger partial charge in [0.1, 0.15) is 0 Å². The van der Waals surface area contributed by atoms with Crippen LogP contribution in [0.1, 0.15) is 39.5 Å². The fourth-order valence-electron chi connectivity index (χ4n) is 3.88. The number of carbonyl (C=O) groups is 2. The van der Waals surface area contributed by atoms with Crippen LogP contribution < -0.4 is 10.2 Å². The molecule has 0 saturated carbocycles. The number of hydrogen-bond acceptors (Lipinski definition) is 5. The van der Waals surface area contributed by atoms with Crippen molar-refractivity contribution in [3.05, 3.63) is 11.6 Å². The second kappa shape index (κ2) is 9.39. The zero-order chi connectivity index (χ0) is 19.2. The predicted octanol–water partition coefficient (Wildman–Crippen LogP) is 2.40. The summed E-state index contributed by atoms with van der Waals surface area (Å²) in [7, 11) is 0. The molecule has 3 amide bonds. The molecule has 2 fully saturated rings. The highest BCUT2D eigenvalue weighted by atomic mass is 32.1. The van der Waals surface area contributed by atoms with Gasteiger partial charge in [-0.05, 0) is 25.7 Å². The Morgan fingerprint density at radius 1 is 1.11 bits per heavy atom. The third-order valence-electron chi connectivity index (χ3n) is 5.73. The van der Waals surface area contributed by atoms with Crippen molar-refractivity contribution in [3.8, 4) is 0 Å². The van der Waals surface area contributed by atoms with Crippen molar-refractivity contribution < 1.29 is 9.59 Å². The molecule has 0 aliphatic carbocycles. The van der Waals surface area contributed by atoms with Crippen molar-refractivity contribution in [2.75, 3.05) is 44.2 Å². The molecule has 1 aromatic heterocycles. The first-order chi connectivity index (χ1) is 13.1. The number of aromatic nitrogens is 1. The molecule has 0 atom stereocenters. The number of carbonyl (C=O) groups excluding carboxylic acids is 2. The van der Waals surface area contributed by atoms with Crippen molar-refractivity contribution in [3.63, 3.8) is 0 Å². The summed E-state index contributed by atoms with van der Waals surface area (Å²) in [6.45, 7) is 8.73. The van der Waals surface area contributed by atoms with E-state index in [1.54, 1.807) is 11.3 Å². The number of hydrogen-bond donors (Lipinski definition) is 1. The molecule has 0 aromatic carbocycles. The van der Waals surface area contributed by atoms with E-state index < -0.39 is 0 Å². The Balaban J connectivity index is 1.40. The van der Waals surface area contributed by atoms with Crippen molar-refractivity contribution in [1.82, 2.24) is 20.1 Å². The summed E-state index contributed by atoms with van der Waals surface area (Å²) in [5.74, 6) is 0.424. The van der Waals surface area contributed by atoms with Gasteiger partial charge in [0.15, 0.2) is 5.13 Å². The lowest BCUT2D eigenvalue weighted by molar-refractivity contribution is -0.136. The number of anilines is 1. The van der Waals surface area contributed by atoms with E-state index in [-0.39, 0.29) is 23.9 Å². The van der Waals surface area contributed by atoms with Crippen molar-refractivity contribution in [1.29, 1.82) is 0 Å². The Kier molecular flexibility index (Phi) is 6.93. The highest BCUT2D eigenvalue weighted by molar-refractivity contribution is 7.13. The van der Waals surface area contributed by atoms with Crippen LogP contribution in [0.2, 0.25) is 0 Å². The van der Waals surface area contributed by atoms with Gasteiger partial charge in [0.25, 0.3) is 0 Å². The van der Waals surface area contributed by atoms with Crippen LogP contribution in [0.25, 0.3) is 0 Å². The van der Waals surface area contributed by atoms with E-state index >= 15 is 0 Å². The van der Waals surface area contributed by atoms with E-state index in [2.05, 4.69) is 29.0 Å². The molecule has 8 heteroatoms. The van der Waals surface area contributed by atoms with E-state index in [1.165, 1.54) is 0 Å². The molecule has 7 nitrogen and oxygen atoms in total. The monoisotopic (exact) mass is 393 g/mol. The fraction of sp³-hybridized carbons (Fsp3) is 0.737. The van der Waals surface area contributed by atoms with Crippen LogP contribution in [-0.2, 0) is 4.79 Å². The molecular weight excluding hydrogens is 362 g/mol. The van der Waals surface area contributed by atoms with Crippen LogP contribution in [0, 0.1) is 5.92 Å². The first-order valence-corrected chi connectivity index (χ1v) is 11.0. The molecule has 3 rings (SSSR count). The average Bonchev–Trinajstić information content (AvgIpc) is 3.24. The summed E-state index contributed by atoms with van der Waals surface area (Å²) < 4.78 is 0. The molecule has 0 bridgehead atoms. The third kappa shape index (κ3) is 4.91. The zero-order valence-electron chi connectivity index (χ0n) is 16.4. The summed E-state index contributed by atoms with van der Waals surface area (Å²) in [4.78, 5) is 35.5. The number of amides is 3. The van der Waals surface area contributed by atoms with Gasteiger partial charge in [0.2, 0.25) is 5.91 Å². The minimum atomic E-state index is 0.0264. The lowest BCUT2D eigenvalue weighted by atomic mass is 9.98. The third-order valence-corrected chi connectivity index (χ3v) is 6.56. The number of piperazine rings is 1. The largest absolute Gasteiger partial charge is 0.345 e. The average molecular weight is 394 g/mol. The molecule has 1 N–H and O–H groups in total. The maximum absolute atomic E-state index is 12.6. The molecule has 3 heterocycles. The van der Waals surface area contributed by atoms with Gasteiger partial charge < -0.3 is 20.0 Å². The number of urea groups is 1. The topological polar surface area (TPSA) is 68.8 Å². The van der Waals surface area contributed by atoms with Crippen LogP contribution >= 0.6 is 11.3 Å². The molecule has 1 aromatic rings. The molecular formula is C19H31N5O2S. The van der Waals surface area contributed by atoms with Gasteiger partial charge in [0, 0.05) is 62.8 Å².